The van der Waals surface area contributed by atoms with E-state index in [1.165, 1.54) is 11.3 Å². The minimum absolute atomic E-state index is 0.274. The van der Waals surface area contributed by atoms with Gasteiger partial charge in [0.15, 0.2) is 0 Å². The normalized spacial score (nSPS) is 11.2. The molecule has 0 bridgehead atoms. The minimum atomic E-state index is -0.954. The monoisotopic (exact) mass is 442 g/mol. The first-order valence-electron chi connectivity index (χ1n) is 9.80. The van der Waals surface area contributed by atoms with Crippen molar-refractivity contribution in [1.82, 2.24) is 14.1 Å². The molecule has 32 heavy (non-hydrogen) atoms. The summed E-state index contributed by atoms with van der Waals surface area (Å²) in [7, 11) is 0. The maximum Gasteiger partial charge on any atom is 0.345 e. The predicted molar refractivity (Wildman–Crippen MR) is 124 cm³/mol. The molecule has 0 radical (unpaired) electrons. The molecule has 0 aliphatic rings. The van der Waals surface area contributed by atoms with Crippen LogP contribution in [0.15, 0.2) is 73.3 Å². The summed E-state index contributed by atoms with van der Waals surface area (Å²) in [5.74, 6) is -1.45. The lowest BCUT2D eigenvalue weighted by atomic mass is 10.0. The summed E-state index contributed by atoms with van der Waals surface area (Å²) in [5.41, 5.74) is 11.4. The summed E-state index contributed by atoms with van der Waals surface area (Å²) in [6, 6.07) is 16.8. The van der Waals surface area contributed by atoms with Gasteiger partial charge >= 0.3 is 5.97 Å². The van der Waals surface area contributed by atoms with Crippen LogP contribution in [0, 0.1) is 6.92 Å². The SMILES string of the molecule is Cc1cc(-n2ccnc2)ccc1-c1cc2sc(C(=O)O)cc2n1-c1ccc(C(N)=O)cc1. The molecule has 158 valence electrons. The highest BCUT2D eigenvalue weighted by molar-refractivity contribution is 7.20. The van der Waals surface area contributed by atoms with Gasteiger partial charge in [-0.15, -0.1) is 11.3 Å². The van der Waals surface area contributed by atoms with Crippen LogP contribution in [-0.2, 0) is 0 Å². The Morgan fingerprint density at radius 1 is 1.03 bits per heavy atom. The number of nitrogens with zero attached hydrogens (tertiary/aromatic N) is 3. The number of rotatable bonds is 5. The van der Waals surface area contributed by atoms with Gasteiger partial charge in [-0.2, -0.15) is 0 Å². The second-order valence-electron chi connectivity index (χ2n) is 7.41. The fraction of sp³-hybridized carbons (Fsp3) is 0.0417. The third-order valence-corrected chi connectivity index (χ3v) is 6.46. The molecule has 2 aromatic carbocycles. The Labute approximate surface area is 187 Å². The van der Waals surface area contributed by atoms with Crippen LogP contribution in [0.4, 0.5) is 0 Å². The molecule has 8 heteroatoms. The summed E-state index contributed by atoms with van der Waals surface area (Å²) in [5, 5.41) is 9.46. The first-order valence-corrected chi connectivity index (χ1v) is 10.6. The Balaban J connectivity index is 1.71. The molecule has 3 N–H and O–H groups in total. The maximum absolute atomic E-state index is 11.5. The van der Waals surface area contributed by atoms with Crippen molar-refractivity contribution in [2.75, 3.05) is 0 Å². The zero-order valence-corrected chi connectivity index (χ0v) is 17.8. The van der Waals surface area contributed by atoms with Crippen LogP contribution in [0.2, 0.25) is 0 Å². The molecule has 5 aromatic rings. The van der Waals surface area contributed by atoms with Gasteiger partial charge in [0.05, 0.1) is 22.2 Å². The summed E-state index contributed by atoms with van der Waals surface area (Å²) < 4.78 is 4.83. The summed E-state index contributed by atoms with van der Waals surface area (Å²) in [6.07, 6.45) is 5.37. The third-order valence-electron chi connectivity index (χ3n) is 5.40. The van der Waals surface area contributed by atoms with Crippen molar-refractivity contribution in [2.24, 2.45) is 5.73 Å². The molecule has 3 heterocycles. The van der Waals surface area contributed by atoms with E-state index in [2.05, 4.69) is 17.1 Å². The lowest BCUT2D eigenvalue weighted by molar-refractivity contribution is 0.0702. The van der Waals surface area contributed by atoms with Gasteiger partial charge in [-0.3, -0.25) is 4.79 Å². The molecular formula is C24H18N4O3S. The maximum atomic E-state index is 11.5. The number of aryl methyl sites for hydroxylation is 1. The zero-order valence-electron chi connectivity index (χ0n) is 17.0. The van der Waals surface area contributed by atoms with E-state index in [9.17, 15) is 14.7 Å². The van der Waals surface area contributed by atoms with Crippen LogP contribution in [0.3, 0.4) is 0 Å². The minimum Gasteiger partial charge on any atom is -0.477 e. The number of carboxylic acid groups (broad SMARTS) is 1. The molecule has 0 aliphatic heterocycles. The van der Waals surface area contributed by atoms with E-state index in [-0.39, 0.29) is 4.88 Å². The van der Waals surface area contributed by atoms with Crippen LogP contribution in [0.1, 0.15) is 25.6 Å². The first-order chi connectivity index (χ1) is 15.4. The first kappa shape index (κ1) is 19.8. The van der Waals surface area contributed by atoms with Crippen molar-refractivity contribution in [3.05, 3.63) is 89.3 Å². The number of thiophene rings is 1. The Bertz CT molecular complexity index is 1480. The number of benzene rings is 2. The number of carbonyl (C=O) groups is 2. The molecule has 3 aromatic heterocycles. The molecule has 0 spiro atoms. The van der Waals surface area contributed by atoms with Crippen molar-refractivity contribution in [3.8, 4) is 22.6 Å². The molecular weight excluding hydrogens is 424 g/mol. The molecule has 7 nitrogen and oxygen atoms in total. The van der Waals surface area contributed by atoms with E-state index >= 15 is 0 Å². The second kappa shape index (κ2) is 7.51. The number of hydrogen-bond donors (Lipinski definition) is 2. The Kier molecular flexibility index (Phi) is 4.64. The van der Waals surface area contributed by atoms with E-state index < -0.39 is 11.9 Å². The Morgan fingerprint density at radius 3 is 2.41 bits per heavy atom. The largest absolute Gasteiger partial charge is 0.477 e. The van der Waals surface area contributed by atoms with Crippen molar-refractivity contribution in [3.63, 3.8) is 0 Å². The average molecular weight is 443 g/mol. The molecule has 5 rings (SSSR count). The number of aromatic carboxylic acids is 1. The average Bonchev–Trinajstić information content (AvgIpc) is 3.50. The molecule has 0 unspecified atom stereocenters. The number of hydrogen-bond acceptors (Lipinski definition) is 4. The van der Waals surface area contributed by atoms with Gasteiger partial charge in [0.25, 0.3) is 0 Å². The van der Waals surface area contributed by atoms with Crippen LogP contribution in [-0.4, -0.2) is 31.1 Å². The lowest BCUT2D eigenvalue weighted by Gasteiger charge is -2.14. The highest BCUT2D eigenvalue weighted by Gasteiger charge is 2.19. The smallest absolute Gasteiger partial charge is 0.345 e. The standard InChI is InChI=1S/C24H18N4O3S/c1-14-10-17(27-9-8-26-13-27)6-7-18(14)19-11-21-20(12-22(32-21)24(30)31)28(19)16-4-2-15(3-5-16)23(25)29/h2-13H,1H3,(H2,25,29)(H,30,31). The second-order valence-corrected chi connectivity index (χ2v) is 8.49. The van der Waals surface area contributed by atoms with Gasteiger partial charge in [0, 0.05) is 34.9 Å². The quantitative estimate of drug-likeness (QED) is 0.413. The molecule has 0 atom stereocenters. The zero-order chi connectivity index (χ0) is 22.4. The van der Waals surface area contributed by atoms with Gasteiger partial charge in [0.1, 0.15) is 4.88 Å². The Hall–Kier alpha value is -4.17. The van der Waals surface area contributed by atoms with E-state index in [1.54, 1.807) is 30.7 Å². The van der Waals surface area contributed by atoms with Crippen LogP contribution >= 0.6 is 11.3 Å². The molecule has 0 saturated heterocycles. The molecule has 0 aliphatic carbocycles. The number of nitrogens with two attached hydrogens (primary N) is 1. The van der Waals surface area contributed by atoms with Gasteiger partial charge in [-0.25, -0.2) is 9.78 Å². The number of carbonyl (C=O) groups excluding carboxylic acids is 1. The highest BCUT2D eigenvalue weighted by Crippen LogP contribution is 2.38. The lowest BCUT2D eigenvalue weighted by Crippen LogP contribution is -2.10. The van der Waals surface area contributed by atoms with E-state index in [0.29, 0.717) is 5.56 Å². The molecule has 0 fully saturated rings. The van der Waals surface area contributed by atoms with Crippen molar-refractivity contribution < 1.29 is 14.7 Å². The van der Waals surface area contributed by atoms with Crippen molar-refractivity contribution in [2.45, 2.75) is 6.92 Å². The number of primary amides is 1. The third kappa shape index (κ3) is 3.27. The fourth-order valence-electron chi connectivity index (χ4n) is 3.86. The number of fused-ring (bicyclic) bond motifs is 1. The number of carboxylic acids is 1. The number of amides is 1. The summed E-state index contributed by atoms with van der Waals surface area (Å²) in [4.78, 5) is 27.4. The fourth-order valence-corrected chi connectivity index (χ4v) is 4.78. The van der Waals surface area contributed by atoms with Gasteiger partial charge in [0.2, 0.25) is 5.91 Å². The number of aromatic nitrogens is 3. The highest BCUT2D eigenvalue weighted by atomic mass is 32.1. The van der Waals surface area contributed by atoms with Gasteiger partial charge in [-0.1, -0.05) is 6.07 Å². The van der Waals surface area contributed by atoms with Crippen LogP contribution in [0.5, 0.6) is 0 Å². The van der Waals surface area contributed by atoms with E-state index in [0.717, 1.165) is 38.4 Å². The van der Waals surface area contributed by atoms with Gasteiger partial charge in [-0.05, 0) is 61.0 Å². The van der Waals surface area contributed by atoms with Crippen LogP contribution in [0.25, 0.3) is 32.8 Å². The van der Waals surface area contributed by atoms with E-state index in [4.69, 9.17) is 5.73 Å². The number of imidazole rings is 1. The van der Waals surface area contributed by atoms with Crippen molar-refractivity contribution in [1.29, 1.82) is 0 Å². The van der Waals surface area contributed by atoms with Crippen molar-refractivity contribution >= 4 is 33.4 Å². The molecule has 1 amide bonds. The van der Waals surface area contributed by atoms with Crippen LogP contribution < -0.4 is 5.73 Å². The molecule has 0 saturated carbocycles. The predicted octanol–water partition coefficient (Wildman–Crippen LogP) is 4.65. The van der Waals surface area contributed by atoms with E-state index in [1.807, 2.05) is 46.5 Å². The van der Waals surface area contributed by atoms with Gasteiger partial charge < -0.3 is 20.0 Å². The topological polar surface area (TPSA) is 103 Å². The summed E-state index contributed by atoms with van der Waals surface area (Å²) in [6.45, 7) is 2.04. The Morgan fingerprint density at radius 2 is 1.78 bits per heavy atom. The summed E-state index contributed by atoms with van der Waals surface area (Å²) >= 11 is 1.24.